The molecule has 1 aliphatic heterocycles. The summed E-state index contributed by atoms with van der Waals surface area (Å²) in [6.07, 6.45) is 1.49. The minimum atomic E-state index is -0.477. The Morgan fingerprint density at radius 1 is 1.21 bits per heavy atom. The lowest BCUT2D eigenvalue weighted by Crippen LogP contribution is -2.49. The minimum absolute atomic E-state index is 0. The van der Waals surface area contributed by atoms with Crippen LogP contribution in [0.3, 0.4) is 0 Å². The van der Waals surface area contributed by atoms with Crippen LogP contribution in [0.5, 0.6) is 5.75 Å². The number of morpholine rings is 1. The van der Waals surface area contributed by atoms with Crippen molar-refractivity contribution >= 4 is 30.7 Å². The van der Waals surface area contributed by atoms with Crippen molar-refractivity contribution in [2.45, 2.75) is 32.7 Å². The number of halogens is 2. The van der Waals surface area contributed by atoms with E-state index in [0.29, 0.717) is 13.1 Å². The van der Waals surface area contributed by atoms with Gasteiger partial charge in [0.05, 0.1) is 31.8 Å². The fourth-order valence-electron chi connectivity index (χ4n) is 3.50. The van der Waals surface area contributed by atoms with Crippen molar-refractivity contribution in [3.05, 3.63) is 29.8 Å². The van der Waals surface area contributed by atoms with Gasteiger partial charge >= 0.3 is 0 Å². The average molecular weight is 436 g/mol. The Labute approximate surface area is 181 Å². The number of amides is 1. The summed E-state index contributed by atoms with van der Waals surface area (Å²) in [7, 11) is 1.66. The molecule has 1 aromatic carbocycles. The molecule has 0 spiro atoms. The molecule has 1 fully saturated rings. The highest BCUT2D eigenvalue weighted by molar-refractivity contribution is 5.85. The van der Waals surface area contributed by atoms with E-state index in [2.05, 4.69) is 22.3 Å². The van der Waals surface area contributed by atoms with E-state index in [1.54, 1.807) is 7.11 Å². The second-order valence-electron chi connectivity index (χ2n) is 6.84. The largest absolute Gasteiger partial charge is 0.497 e. The topological polar surface area (TPSA) is 76.8 Å². The second kappa shape index (κ2) is 13.2. The number of hydrogen-bond donors (Lipinski definition) is 2. The van der Waals surface area contributed by atoms with Crippen LogP contribution in [0.25, 0.3) is 0 Å². The molecule has 1 aromatic rings. The van der Waals surface area contributed by atoms with E-state index >= 15 is 0 Å². The SMILES string of the molecule is CCC(CC)(CN)C(=O)NCC(c1ccc(OC)cc1)N1CCOCC1.Cl.Cl. The number of carbonyl (C=O) groups is 1. The van der Waals surface area contributed by atoms with Crippen LogP contribution in [-0.4, -0.2) is 57.3 Å². The van der Waals surface area contributed by atoms with Gasteiger partial charge in [-0.15, -0.1) is 24.8 Å². The highest BCUT2D eigenvalue weighted by atomic mass is 35.5. The number of nitrogens with two attached hydrogens (primary N) is 1. The summed E-state index contributed by atoms with van der Waals surface area (Å²) in [5.74, 6) is 0.884. The zero-order valence-electron chi connectivity index (χ0n) is 17.1. The predicted octanol–water partition coefficient (Wildman–Crippen LogP) is 2.79. The molecule has 8 heteroatoms. The Balaban J connectivity index is 0.00000364. The van der Waals surface area contributed by atoms with Crippen molar-refractivity contribution in [2.24, 2.45) is 11.1 Å². The highest BCUT2D eigenvalue weighted by Crippen LogP contribution is 2.27. The molecule has 1 heterocycles. The highest BCUT2D eigenvalue weighted by Gasteiger charge is 2.34. The Bertz CT molecular complexity index is 554. The quantitative estimate of drug-likeness (QED) is 0.623. The minimum Gasteiger partial charge on any atom is -0.497 e. The molecule has 1 unspecified atom stereocenters. The first-order valence-electron chi connectivity index (χ1n) is 9.54. The van der Waals surface area contributed by atoms with E-state index in [4.69, 9.17) is 15.2 Å². The smallest absolute Gasteiger partial charge is 0.227 e. The van der Waals surface area contributed by atoms with E-state index in [1.807, 2.05) is 26.0 Å². The molecule has 1 amide bonds. The third kappa shape index (κ3) is 6.49. The van der Waals surface area contributed by atoms with Gasteiger partial charge < -0.3 is 20.5 Å². The molecule has 0 aromatic heterocycles. The standard InChI is InChI=1S/C20H33N3O3.2ClH/c1-4-20(5-2,15-21)19(24)22-14-18(23-10-12-26-13-11-23)16-6-8-17(25-3)9-7-16;;/h6-9,18H,4-5,10-15,21H2,1-3H3,(H,22,24);2*1H. The van der Waals surface area contributed by atoms with E-state index in [-0.39, 0.29) is 36.8 Å². The fourth-order valence-corrected chi connectivity index (χ4v) is 3.50. The van der Waals surface area contributed by atoms with Crippen molar-refractivity contribution in [1.29, 1.82) is 0 Å². The maximum atomic E-state index is 12.8. The normalized spacial score (nSPS) is 15.7. The predicted molar refractivity (Wildman–Crippen MR) is 118 cm³/mol. The molecule has 28 heavy (non-hydrogen) atoms. The first kappa shape index (κ1) is 27.0. The molecule has 0 saturated carbocycles. The molecule has 6 nitrogen and oxygen atoms in total. The lowest BCUT2D eigenvalue weighted by molar-refractivity contribution is -0.131. The summed E-state index contributed by atoms with van der Waals surface area (Å²) < 4.78 is 10.8. The van der Waals surface area contributed by atoms with Crippen LogP contribution in [0.15, 0.2) is 24.3 Å². The Morgan fingerprint density at radius 2 is 1.79 bits per heavy atom. The molecule has 1 saturated heterocycles. The second-order valence-corrected chi connectivity index (χ2v) is 6.84. The fraction of sp³-hybridized carbons (Fsp3) is 0.650. The Morgan fingerprint density at radius 3 is 2.25 bits per heavy atom. The van der Waals surface area contributed by atoms with Crippen LogP contribution < -0.4 is 15.8 Å². The van der Waals surface area contributed by atoms with Gasteiger partial charge in [0.1, 0.15) is 5.75 Å². The number of methoxy groups -OCH3 is 1. The number of rotatable bonds is 9. The summed E-state index contributed by atoms with van der Waals surface area (Å²) in [6.45, 7) is 8.14. The molecular formula is C20H35Cl2N3O3. The van der Waals surface area contributed by atoms with E-state index < -0.39 is 5.41 Å². The Hall–Kier alpha value is -1.05. The average Bonchev–Trinajstić information content (AvgIpc) is 2.71. The van der Waals surface area contributed by atoms with Crippen molar-refractivity contribution < 1.29 is 14.3 Å². The van der Waals surface area contributed by atoms with Gasteiger partial charge in [-0.2, -0.15) is 0 Å². The van der Waals surface area contributed by atoms with E-state index in [0.717, 1.165) is 44.9 Å². The maximum Gasteiger partial charge on any atom is 0.227 e. The molecule has 0 aliphatic carbocycles. The summed E-state index contributed by atoms with van der Waals surface area (Å²) in [4.78, 5) is 15.2. The molecular weight excluding hydrogens is 401 g/mol. The summed E-state index contributed by atoms with van der Waals surface area (Å²) >= 11 is 0. The van der Waals surface area contributed by atoms with Crippen LogP contribution in [0.1, 0.15) is 38.3 Å². The first-order chi connectivity index (χ1) is 12.6. The van der Waals surface area contributed by atoms with Crippen molar-refractivity contribution in [2.75, 3.05) is 46.5 Å². The van der Waals surface area contributed by atoms with Gasteiger partial charge in [0, 0.05) is 26.2 Å². The Kier molecular flexibility index (Phi) is 12.7. The van der Waals surface area contributed by atoms with Crippen LogP contribution in [-0.2, 0) is 9.53 Å². The van der Waals surface area contributed by atoms with Gasteiger partial charge in [-0.3, -0.25) is 9.69 Å². The van der Waals surface area contributed by atoms with E-state index in [9.17, 15) is 4.79 Å². The van der Waals surface area contributed by atoms with Gasteiger partial charge in [-0.25, -0.2) is 0 Å². The molecule has 1 aliphatic rings. The molecule has 1 atom stereocenters. The van der Waals surface area contributed by atoms with Crippen LogP contribution in [0.2, 0.25) is 0 Å². The summed E-state index contributed by atoms with van der Waals surface area (Å²) in [6, 6.07) is 8.18. The molecule has 0 bridgehead atoms. The molecule has 0 radical (unpaired) electrons. The number of nitrogens with one attached hydrogen (secondary N) is 1. The zero-order chi connectivity index (χ0) is 19.0. The third-order valence-electron chi connectivity index (χ3n) is 5.67. The van der Waals surface area contributed by atoms with Gasteiger partial charge in [-0.1, -0.05) is 26.0 Å². The lowest BCUT2D eigenvalue weighted by Gasteiger charge is -2.36. The lowest BCUT2D eigenvalue weighted by atomic mass is 9.81. The zero-order valence-corrected chi connectivity index (χ0v) is 18.7. The van der Waals surface area contributed by atoms with Crippen LogP contribution >= 0.6 is 24.8 Å². The van der Waals surface area contributed by atoms with Gasteiger partial charge in [-0.05, 0) is 30.5 Å². The van der Waals surface area contributed by atoms with Crippen molar-refractivity contribution in [3.63, 3.8) is 0 Å². The van der Waals surface area contributed by atoms with Crippen LogP contribution in [0, 0.1) is 5.41 Å². The monoisotopic (exact) mass is 435 g/mol. The number of benzene rings is 1. The van der Waals surface area contributed by atoms with Crippen molar-refractivity contribution in [3.8, 4) is 5.75 Å². The van der Waals surface area contributed by atoms with Gasteiger partial charge in [0.15, 0.2) is 0 Å². The summed E-state index contributed by atoms with van der Waals surface area (Å²) in [5, 5.41) is 3.17. The number of carbonyl (C=O) groups excluding carboxylic acids is 1. The van der Waals surface area contributed by atoms with Crippen molar-refractivity contribution in [1.82, 2.24) is 10.2 Å². The third-order valence-corrected chi connectivity index (χ3v) is 5.67. The number of ether oxygens (including phenoxy) is 2. The summed E-state index contributed by atoms with van der Waals surface area (Å²) in [5.41, 5.74) is 6.61. The molecule has 2 rings (SSSR count). The molecule has 3 N–H and O–H groups in total. The number of hydrogen-bond acceptors (Lipinski definition) is 5. The first-order valence-corrected chi connectivity index (χ1v) is 9.54. The number of nitrogens with zero attached hydrogens (tertiary/aromatic N) is 1. The molecule has 162 valence electrons. The van der Waals surface area contributed by atoms with Gasteiger partial charge in [0.2, 0.25) is 5.91 Å². The van der Waals surface area contributed by atoms with Crippen LogP contribution in [0.4, 0.5) is 0 Å². The van der Waals surface area contributed by atoms with E-state index in [1.165, 1.54) is 5.56 Å². The van der Waals surface area contributed by atoms with Gasteiger partial charge in [0.25, 0.3) is 0 Å². The maximum absolute atomic E-state index is 12.8.